The van der Waals surface area contributed by atoms with Crippen LogP contribution in [0.2, 0.25) is 36.3 Å². The van der Waals surface area contributed by atoms with Crippen LogP contribution in [0.25, 0.3) is 12.2 Å². The van der Waals surface area contributed by atoms with Crippen LogP contribution in [0.5, 0.6) is 0 Å². The first-order chi connectivity index (χ1) is 30.4. The van der Waals surface area contributed by atoms with Crippen molar-refractivity contribution in [1.82, 2.24) is 9.97 Å². The molecule has 64 heavy (non-hydrogen) atoms. The van der Waals surface area contributed by atoms with Gasteiger partial charge in [0, 0.05) is 31.6 Å². The molecule has 0 radical (unpaired) electrons. The lowest BCUT2D eigenvalue weighted by Crippen LogP contribution is -2.55. The SMILES string of the molecule is C=C1C[C@H](C[C@@H]2C=C(O[Si](CC)(CC)CC)C[C@H](c3coc(/C=C/C[C@H]4O[C@@H](/C(C)=C/c5coc(C)n5)[C@H](C)[C@@H](O[Si](C)(C)C(C)(C)C)[C@H]4C)n3)O2)O[C@@H](COCc2ccccc2)C1. The van der Waals surface area contributed by atoms with Crippen LogP contribution in [0.15, 0.2) is 87.3 Å². The molecule has 2 aromatic heterocycles. The van der Waals surface area contributed by atoms with Gasteiger partial charge in [-0.3, -0.25) is 0 Å². The molecule has 9 atom stereocenters. The summed E-state index contributed by atoms with van der Waals surface area (Å²) in [5.74, 6) is 2.49. The van der Waals surface area contributed by atoms with Crippen molar-refractivity contribution in [2.75, 3.05) is 6.61 Å². The summed E-state index contributed by atoms with van der Waals surface area (Å²) in [5.41, 5.74) is 5.01. The normalized spacial score (nSPS) is 27.6. The third-order valence-electron chi connectivity index (χ3n) is 14.3. The molecule has 0 unspecified atom stereocenters. The molecule has 1 aromatic carbocycles. The van der Waals surface area contributed by atoms with Crippen molar-refractivity contribution in [3.63, 3.8) is 0 Å². The smallest absolute Gasteiger partial charge is 0.250 e. The minimum absolute atomic E-state index is 0.0282. The van der Waals surface area contributed by atoms with Gasteiger partial charge in [0.25, 0.3) is 0 Å². The molecule has 3 aliphatic rings. The van der Waals surface area contributed by atoms with E-state index in [0.29, 0.717) is 44.3 Å². The maximum Gasteiger partial charge on any atom is 0.250 e. The van der Waals surface area contributed by atoms with Crippen LogP contribution in [0.3, 0.4) is 0 Å². The van der Waals surface area contributed by atoms with Gasteiger partial charge in [0.05, 0.1) is 55.6 Å². The molecule has 3 aliphatic heterocycles. The summed E-state index contributed by atoms with van der Waals surface area (Å²) in [7, 11) is -4.04. The topological polar surface area (TPSA) is 107 Å². The fraction of sp³-hybridized carbons (Fsp3) is 0.615. The fourth-order valence-electron chi connectivity index (χ4n) is 9.26. The molecule has 5 heterocycles. The molecule has 0 aliphatic carbocycles. The van der Waals surface area contributed by atoms with E-state index in [1.165, 1.54) is 5.57 Å². The van der Waals surface area contributed by atoms with Crippen molar-refractivity contribution in [2.45, 2.75) is 187 Å². The highest BCUT2D eigenvalue weighted by Crippen LogP contribution is 2.44. The van der Waals surface area contributed by atoms with Gasteiger partial charge < -0.3 is 36.6 Å². The maximum atomic E-state index is 7.22. The van der Waals surface area contributed by atoms with Gasteiger partial charge in [0.2, 0.25) is 14.2 Å². The standard InChI is InChI=1S/C52H78N2O8Si2/c1-14-64(15-2,16-3)61-44-29-43(28-42-25-35(4)26-45(58-42)33-55-31-40-21-18-17-19-22-40)59-48(30-44)46-34-57-49(54-46)24-20-23-47-37(6)51(62-63(12,13)52(9,10)11)38(7)50(60-47)36(5)27-41-32-56-39(8)53-41/h17-22,24,27,29,32,34,37-38,42-43,45,47-48,50-51H,4,14-16,23,25-26,28,30-31,33H2,1-3,5-13H3/b24-20+,36-27+/t37-,38-,42+,43+,45+,47+,48+,50-,51-/m0/s1. The Hall–Kier alpha value is -3.37. The zero-order valence-corrected chi connectivity index (χ0v) is 43.0. The largest absolute Gasteiger partial charge is 0.547 e. The zero-order valence-electron chi connectivity index (χ0n) is 41.0. The molecule has 6 rings (SSSR count). The van der Waals surface area contributed by atoms with Gasteiger partial charge >= 0.3 is 0 Å². The predicted molar refractivity (Wildman–Crippen MR) is 260 cm³/mol. The number of oxazole rings is 2. The Kier molecular flexibility index (Phi) is 17.2. The van der Waals surface area contributed by atoms with Crippen molar-refractivity contribution >= 4 is 28.8 Å². The summed E-state index contributed by atoms with van der Waals surface area (Å²) < 4.78 is 52.5. The lowest BCUT2D eigenvalue weighted by molar-refractivity contribution is -0.143. The number of nitrogens with zero attached hydrogens (tertiary/aromatic N) is 2. The molecule has 12 heteroatoms. The van der Waals surface area contributed by atoms with E-state index in [1.807, 2.05) is 31.2 Å². The van der Waals surface area contributed by atoms with E-state index in [4.69, 9.17) is 41.6 Å². The molecular weight excluding hydrogens is 837 g/mol. The molecule has 0 spiro atoms. The third kappa shape index (κ3) is 13.0. The van der Waals surface area contributed by atoms with Gasteiger partial charge in [0.15, 0.2) is 14.2 Å². The lowest BCUT2D eigenvalue weighted by Gasteiger charge is -2.49. The second-order valence-electron chi connectivity index (χ2n) is 20.2. The van der Waals surface area contributed by atoms with E-state index in [-0.39, 0.29) is 59.6 Å². The molecule has 2 saturated heterocycles. The minimum Gasteiger partial charge on any atom is -0.547 e. The van der Waals surface area contributed by atoms with Crippen LogP contribution in [0, 0.1) is 18.8 Å². The van der Waals surface area contributed by atoms with Crippen molar-refractivity contribution in [3.8, 4) is 0 Å². The third-order valence-corrected chi connectivity index (χ3v) is 23.4. The first-order valence-electron chi connectivity index (χ1n) is 24.0. The van der Waals surface area contributed by atoms with Gasteiger partial charge in [-0.25, -0.2) is 9.97 Å². The number of aromatic nitrogens is 2. The van der Waals surface area contributed by atoms with Crippen LogP contribution in [-0.2, 0) is 34.4 Å². The van der Waals surface area contributed by atoms with Crippen LogP contribution < -0.4 is 0 Å². The van der Waals surface area contributed by atoms with Crippen molar-refractivity contribution < 1.29 is 36.6 Å². The lowest BCUT2D eigenvalue weighted by atomic mass is 9.79. The Morgan fingerprint density at radius 1 is 0.906 bits per heavy atom. The molecular formula is C52H78N2O8Si2. The quantitative estimate of drug-likeness (QED) is 0.0852. The summed E-state index contributed by atoms with van der Waals surface area (Å²) >= 11 is 0. The number of ether oxygens (including phenoxy) is 4. The summed E-state index contributed by atoms with van der Waals surface area (Å²) in [6.07, 6.45) is 14.6. The Balaban J connectivity index is 1.15. The first-order valence-corrected chi connectivity index (χ1v) is 29.4. The molecule has 0 N–H and O–H groups in total. The molecule has 0 saturated carbocycles. The Bertz CT molecular complexity index is 2040. The number of benzene rings is 1. The monoisotopic (exact) mass is 915 g/mol. The second-order valence-corrected chi connectivity index (χ2v) is 29.7. The Morgan fingerprint density at radius 3 is 2.30 bits per heavy atom. The molecule has 0 bridgehead atoms. The van der Waals surface area contributed by atoms with Crippen molar-refractivity contribution in [2.24, 2.45) is 11.8 Å². The van der Waals surface area contributed by atoms with Crippen LogP contribution in [-0.4, -0.2) is 69.8 Å². The summed E-state index contributed by atoms with van der Waals surface area (Å²) in [6, 6.07) is 13.4. The first kappa shape index (κ1) is 50.1. The van der Waals surface area contributed by atoms with Crippen LogP contribution in [0.4, 0.5) is 0 Å². The fourth-order valence-corrected chi connectivity index (χ4v) is 13.4. The van der Waals surface area contributed by atoms with Gasteiger partial charge in [0.1, 0.15) is 30.0 Å². The predicted octanol–water partition coefficient (Wildman–Crippen LogP) is 13.4. The Labute approximate surface area is 386 Å². The number of hydrogen-bond acceptors (Lipinski definition) is 10. The minimum atomic E-state index is -2.09. The number of hydrogen-bond donors (Lipinski definition) is 0. The van der Waals surface area contributed by atoms with Crippen molar-refractivity contribution in [1.29, 1.82) is 0 Å². The average Bonchev–Trinajstić information content (AvgIpc) is 3.90. The van der Waals surface area contributed by atoms with Gasteiger partial charge in [-0.15, -0.1) is 0 Å². The van der Waals surface area contributed by atoms with E-state index in [0.717, 1.165) is 59.3 Å². The molecule has 352 valence electrons. The van der Waals surface area contributed by atoms with E-state index in [1.54, 1.807) is 12.5 Å². The highest BCUT2D eigenvalue weighted by atomic mass is 28.4. The molecule has 3 aromatic rings. The summed E-state index contributed by atoms with van der Waals surface area (Å²) in [6.45, 7) is 32.4. The maximum absolute atomic E-state index is 7.22. The Morgan fingerprint density at radius 2 is 1.62 bits per heavy atom. The van der Waals surface area contributed by atoms with E-state index in [9.17, 15) is 0 Å². The summed E-state index contributed by atoms with van der Waals surface area (Å²) in [4.78, 5) is 9.53. The van der Waals surface area contributed by atoms with E-state index in [2.05, 4.69) is 117 Å². The molecule has 2 fully saturated rings. The molecule has 10 nitrogen and oxygen atoms in total. The van der Waals surface area contributed by atoms with Crippen LogP contribution >= 0.6 is 0 Å². The van der Waals surface area contributed by atoms with E-state index < -0.39 is 16.6 Å². The average molecular weight is 915 g/mol. The highest BCUT2D eigenvalue weighted by molar-refractivity contribution is 6.74. The highest BCUT2D eigenvalue weighted by Gasteiger charge is 2.48. The van der Waals surface area contributed by atoms with Gasteiger partial charge in [-0.1, -0.05) is 104 Å². The summed E-state index contributed by atoms with van der Waals surface area (Å²) in [5, 5.41) is 0.0826. The molecule has 0 amide bonds. The van der Waals surface area contributed by atoms with Gasteiger partial charge in [-0.05, 0) is 91.8 Å². The van der Waals surface area contributed by atoms with E-state index >= 15 is 0 Å². The zero-order chi connectivity index (χ0) is 46.2. The number of rotatable bonds is 19. The van der Waals surface area contributed by atoms with Crippen molar-refractivity contribution in [3.05, 3.63) is 107 Å². The second kappa shape index (κ2) is 22.0. The number of aryl methyl sites for hydroxylation is 1. The van der Waals surface area contributed by atoms with Gasteiger partial charge in [-0.2, -0.15) is 0 Å². The van der Waals surface area contributed by atoms with Crippen LogP contribution in [0.1, 0.15) is 129 Å².